The highest BCUT2D eigenvalue weighted by Gasteiger charge is 2.42. The fraction of sp³-hybridized carbons (Fsp3) is 0.385. The topological polar surface area (TPSA) is 104 Å². The van der Waals surface area contributed by atoms with Crippen molar-refractivity contribution >= 4 is 11.9 Å². The number of nitrogens with two attached hydrogens (primary N) is 1. The molecule has 1 heterocycles. The van der Waals surface area contributed by atoms with Crippen LogP contribution in [0.1, 0.15) is 12.0 Å². The third-order valence-electron chi connectivity index (χ3n) is 3.41. The van der Waals surface area contributed by atoms with E-state index in [2.05, 4.69) is 0 Å². The van der Waals surface area contributed by atoms with Gasteiger partial charge in [0.15, 0.2) is 0 Å². The molecule has 0 saturated carbocycles. The lowest BCUT2D eigenvalue weighted by molar-refractivity contribution is -0.143. The molecular formula is C13H16N2O4. The molecule has 6 nitrogen and oxygen atoms in total. The van der Waals surface area contributed by atoms with Crippen molar-refractivity contribution < 1.29 is 19.8 Å². The van der Waals surface area contributed by atoms with Crippen molar-refractivity contribution in [3.63, 3.8) is 0 Å². The second-order valence-electron chi connectivity index (χ2n) is 4.83. The summed E-state index contributed by atoms with van der Waals surface area (Å²) in [5.41, 5.74) is 4.88. The fourth-order valence-corrected chi connectivity index (χ4v) is 2.16. The molecule has 0 aliphatic carbocycles. The van der Waals surface area contributed by atoms with Crippen molar-refractivity contribution in [3.05, 3.63) is 29.8 Å². The lowest BCUT2D eigenvalue weighted by atomic mass is 10.0. The summed E-state index contributed by atoms with van der Waals surface area (Å²) in [5, 5.41) is 18.6. The maximum Gasteiger partial charge on any atom is 0.325 e. The van der Waals surface area contributed by atoms with Gasteiger partial charge in [0.2, 0.25) is 5.91 Å². The van der Waals surface area contributed by atoms with Gasteiger partial charge in [-0.05, 0) is 12.5 Å². The highest BCUT2D eigenvalue weighted by molar-refractivity contribution is 5.84. The van der Waals surface area contributed by atoms with E-state index in [0.717, 1.165) is 0 Å². The van der Waals surface area contributed by atoms with Crippen LogP contribution in [0.15, 0.2) is 24.3 Å². The molecular weight excluding hydrogens is 248 g/mol. The maximum absolute atomic E-state index is 12.0. The van der Waals surface area contributed by atoms with Gasteiger partial charge in [-0.1, -0.05) is 18.2 Å². The monoisotopic (exact) mass is 264 g/mol. The Kier molecular flexibility index (Phi) is 3.44. The van der Waals surface area contributed by atoms with Crippen LogP contribution in [0, 0.1) is 0 Å². The van der Waals surface area contributed by atoms with Crippen molar-refractivity contribution in [2.24, 2.45) is 5.73 Å². The average molecular weight is 264 g/mol. The number of hydrogen-bond donors (Lipinski definition) is 3. The first-order valence-electron chi connectivity index (χ1n) is 5.99. The number of nitrogens with zero attached hydrogens (tertiary/aromatic N) is 1. The molecule has 1 atom stereocenters. The molecule has 1 aromatic rings. The van der Waals surface area contributed by atoms with E-state index in [1.54, 1.807) is 18.2 Å². The summed E-state index contributed by atoms with van der Waals surface area (Å²) in [4.78, 5) is 24.5. The minimum Gasteiger partial charge on any atom is -0.508 e. The molecule has 0 aromatic heterocycles. The van der Waals surface area contributed by atoms with Gasteiger partial charge in [-0.15, -0.1) is 0 Å². The Morgan fingerprint density at radius 2 is 2.05 bits per heavy atom. The smallest absolute Gasteiger partial charge is 0.325 e. The first-order valence-corrected chi connectivity index (χ1v) is 5.99. The number of aliphatic carboxylic acids is 1. The maximum atomic E-state index is 12.0. The Bertz CT molecular complexity index is 517. The van der Waals surface area contributed by atoms with E-state index in [9.17, 15) is 14.7 Å². The van der Waals surface area contributed by atoms with Gasteiger partial charge in [0, 0.05) is 18.7 Å². The van der Waals surface area contributed by atoms with E-state index < -0.39 is 11.5 Å². The molecule has 1 amide bonds. The number of carboxylic acid groups (broad SMARTS) is 1. The number of phenols is 1. The summed E-state index contributed by atoms with van der Waals surface area (Å²) in [6, 6.07) is 6.58. The molecule has 6 heteroatoms. The van der Waals surface area contributed by atoms with Crippen LogP contribution in [0.5, 0.6) is 5.75 Å². The Hall–Kier alpha value is -2.08. The van der Waals surface area contributed by atoms with Crippen molar-refractivity contribution in [2.45, 2.75) is 18.4 Å². The van der Waals surface area contributed by atoms with Gasteiger partial charge in [0.25, 0.3) is 0 Å². The number of para-hydroxylation sites is 1. The molecule has 1 aliphatic heterocycles. The van der Waals surface area contributed by atoms with Gasteiger partial charge in [-0.3, -0.25) is 9.59 Å². The molecule has 0 bridgehead atoms. The summed E-state index contributed by atoms with van der Waals surface area (Å²) in [6.45, 7) is 0.337. The Morgan fingerprint density at radius 1 is 1.37 bits per heavy atom. The molecule has 0 radical (unpaired) electrons. The number of hydrogen-bond acceptors (Lipinski definition) is 4. The van der Waals surface area contributed by atoms with Gasteiger partial charge < -0.3 is 20.8 Å². The zero-order valence-electron chi connectivity index (χ0n) is 10.4. The molecule has 1 aliphatic rings. The summed E-state index contributed by atoms with van der Waals surface area (Å²) >= 11 is 0. The van der Waals surface area contributed by atoms with E-state index >= 15 is 0 Å². The molecule has 102 valence electrons. The quantitative estimate of drug-likeness (QED) is 0.710. The number of carbonyl (C=O) groups excluding carboxylic acids is 1. The van der Waals surface area contributed by atoms with E-state index in [1.165, 1.54) is 11.0 Å². The molecule has 1 unspecified atom stereocenters. The van der Waals surface area contributed by atoms with Gasteiger partial charge in [0.1, 0.15) is 11.3 Å². The number of carbonyl (C=O) groups is 2. The zero-order valence-corrected chi connectivity index (χ0v) is 10.4. The minimum atomic E-state index is -1.35. The Labute approximate surface area is 110 Å². The largest absolute Gasteiger partial charge is 0.508 e. The number of phenolic OH excluding ortho intramolecular Hbond substituents is 1. The summed E-state index contributed by atoms with van der Waals surface area (Å²) in [6.07, 6.45) is 0.289. The van der Waals surface area contributed by atoms with Gasteiger partial charge >= 0.3 is 5.97 Å². The SMILES string of the molecule is NC1(C(=O)O)CCN(C(=O)Cc2ccccc2O)C1. The minimum absolute atomic E-state index is 0.00869. The molecule has 1 fully saturated rings. The normalized spacial score (nSPS) is 22.5. The summed E-state index contributed by atoms with van der Waals surface area (Å²) in [5.74, 6) is -1.26. The lowest BCUT2D eigenvalue weighted by Gasteiger charge is -2.20. The molecule has 2 rings (SSSR count). The van der Waals surface area contributed by atoms with Crippen molar-refractivity contribution in [1.82, 2.24) is 4.90 Å². The molecule has 1 aromatic carbocycles. The lowest BCUT2D eigenvalue weighted by Crippen LogP contribution is -2.50. The summed E-state index contributed by atoms with van der Waals surface area (Å²) < 4.78 is 0. The third-order valence-corrected chi connectivity index (χ3v) is 3.41. The van der Waals surface area contributed by atoms with Gasteiger partial charge in [-0.25, -0.2) is 0 Å². The molecule has 0 spiro atoms. The molecule has 4 N–H and O–H groups in total. The van der Waals surface area contributed by atoms with Crippen LogP contribution in [0.3, 0.4) is 0 Å². The van der Waals surface area contributed by atoms with Crippen LogP contribution in [-0.4, -0.2) is 45.6 Å². The number of benzene rings is 1. The van der Waals surface area contributed by atoms with E-state index in [0.29, 0.717) is 12.1 Å². The van der Waals surface area contributed by atoms with E-state index in [-0.39, 0.29) is 31.0 Å². The number of aromatic hydroxyl groups is 1. The van der Waals surface area contributed by atoms with Crippen LogP contribution >= 0.6 is 0 Å². The highest BCUT2D eigenvalue weighted by atomic mass is 16.4. The number of rotatable bonds is 3. The van der Waals surface area contributed by atoms with Crippen LogP contribution < -0.4 is 5.73 Å². The van der Waals surface area contributed by atoms with Gasteiger partial charge in [0.05, 0.1) is 6.42 Å². The Balaban J connectivity index is 2.03. The van der Waals surface area contributed by atoms with Crippen LogP contribution in [0.25, 0.3) is 0 Å². The fourth-order valence-electron chi connectivity index (χ4n) is 2.16. The first kappa shape index (κ1) is 13.4. The average Bonchev–Trinajstić information content (AvgIpc) is 2.76. The number of amides is 1. The van der Waals surface area contributed by atoms with Crippen molar-refractivity contribution in [1.29, 1.82) is 0 Å². The van der Waals surface area contributed by atoms with E-state index in [1.807, 2.05) is 0 Å². The van der Waals surface area contributed by atoms with Gasteiger partial charge in [-0.2, -0.15) is 0 Å². The number of carboxylic acids is 1. The standard InChI is InChI=1S/C13H16N2O4/c14-13(12(18)19)5-6-15(8-13)11(17)7-9-3-1-2-4-10(9)16/h1-4,16H,5-8,14H2,(H,18,19). The van der Waals surface area contributed by atoms with Crippen LogP contribution in [0.4, 0.5) is 0 Å². The predicted octanol–water partition coefficient (Wildman–Crippen LogP) is -0.0509. The van der Waals surface area contributed by atoms with Crippen molar-refractivity contribution in [2.75, 3.05) is 13.1 Å². The molecule has 1 saturated heterocycles. The Morgan fingerprint density at radius 3 is 2.63 bits per heavy atom. The van der Waals surface area contributed by atoms with Crippen molar-refractivity contribution in [3.8, 4) is 5.75 Å². The predicted molar refractivity (Wildman–Crippen MR) is 67.6 cm³/mol. The summed E-state index contributed by atoms with van der Waals surface area (Å²) in [7, 11) is 0. The highest BCUT2D eigenvalue weighted by Crippen LogP contribution is 2.22. The zero-order chi connectivity index (χ0) is 14.0. The van der Waals surface area contributed by atoms with Crippen LogP contribution in [-0.2, 0) is 16.0 Å². The molecule has 19 heavy (non-hydrogen) atoms. The second kappa shape index (κ2) is 4.89. The number of likely N-dealkylation sites (tertiary alicyclic amines) is 1. The first-order chi connectivity index (χ1) is 8.92. The third kappa shape index (κ3) is 2.68. The van der Waals surface area contributed by atoms with E-state index in [4.69, 9.17) is 10.8 Å². The van der Waals surface area contributed by atoms with Crippen LogP contribution in [0.2, 0.25) is 0 Å². The second-order valence-corrected chi connectivity index (χ2v) is 4.83.